The van der Waals surface area contributed by atoms with E-state index in [-0.39, 0.29) is 24.3 Å². The van der Waals surface area contributed by atoms with Crippen molar-refractivity contribution in [3.05, 3.63) is 24.3 Å². The highest BCUT2D eigenvalue weighted by Crippen LogP contribution is 2.36. The average molecular weight is 451 g/mol. The fraction of sp³-hybridized carbons (Fsp3) is 0.815. The zero-order valence-corrected chi connectivity index (χ0v) is 20.5. The number of hydrogen-bond acceptors (Lipinski definition) is 5. The summed E-state index contributed by atoms with van der Waals surface area (Å²) < 4.78 is 16.4. The second-order valence-corrected chi connectivity index (χ2v) is 9.61. The van der Waals surface area contributed by atoms with Gasteiger partial charge in [-0.25, -0.2) is 4.79 Å². The van der Waals surface area contributed by atoms with Gasteiger partial charge in [0.15, 0.2) is 12.4 Å². The molecule has 1 saturated heterocycles. The second kappa shape index (κ2) is 15.6. The standard InChI is InChI=1S/C27H46O5/c1-4-5-12-21(2)13-11-14-22-18-19-24(28)23(22)15-7-6-8-16-25(27(29)30-3)32-26-17-9-10-20-31-26/h6-7,11,14,21-26,28H,4-5,8-10,12-13,15-20H2,1-3H3/t21?,22-,23+,24?,25?,26?/m0/s1. The molecule has 0 radical (unpaired) electrons. The molecule has 1 N–H and O–H groups in total. The first kappa shape index (κ1) is 27.1. The molecule has 0 spiro atoms. The van der Waals surface area contributed by atoms with Crippen molar-refractivity contribution in [2.75, 3.05) is 13.7 Å². The lowest BCUT2D eigenvalue weighted by molar-refractivity contribution is -0.203. The molecule has 1 aliphatic heterocycles. The van der Waals surface area contributed by atoms with Crippen LogP contribution in [0.4, 0.5) is 0 Å². The van der Waals surface area contributed by atoms with Crippen LogP contribution in [0.3, 0.4) is 0 Å². The first-order valence-corrected chi connectivity index (χ1v) is 12.9. The van der Waals surface area contributed by atoms with Crippen molar-refractivity contribution in [2.45, 2.75) is 109 Å². The van der Waals surface area contributed by atoms with Crippen LogP contribution in [0.15, 0.2) is 24.3 Å². The van der Waals surface area contributed by atoms with E-state index in [2.05, 4.69) is 38.2 Å². The Morgan fingerprint density at radius 1 is 1.16 bits per heavy atom. The number of carbonyl (C=O) groups is 1. The van der Waals surface area contributed by atoms with Gasteiger partial charge in [0.2, 0.25) is 0 Å². The van der Waals surface area contributed by atoms with Crippen LogP contribution < -0.4 is 0 Å². The van der Waals surface area contributed by atoms with E-state index in [1.807, 2.05) is 0 Å². The number of aliphatic hydroxyl groups excluding tert-OH is 1. The third-order valence-electron chi connectivity index (χ3n) is 6.90. The molecule has 6 atom stereocenters. The van der Waals surface area contributed by atoms with Crippen LogP contribution in [-0.2, 0) is 19.0 Å². The van der Waals surface area contributed by atoms with E-state index in [1.165, 1.54) is 26.4 Å². The Morgan fingerprint density at radius 2 is 2.00 bits per heavy atom. The Kier molecular flexibility index (Phi) is 13.2. The monoisotopic (exact) mass is 450 g/mol. The van der Waals surface area contributed by atoms with Crippen LogP contribution in [0.25, 0.3) is 0 Å². The largest absolute Gasteiger partial charge is 0.467 e. The summed E-state index contributed by atoms with van der Waals surface area (Å²) in [5, 5.41) is 10.5. The lowest BCUT2D eigenvalue weighted by Crippen LogP contribution is -2.33. The fourth-order valence-corrected chi connectivity index (χ4v) is 4.80. The third kappa shape index (κ3) is 9.76. The highest BCUT2D eigenvalue weighted by atomic mass is 16.7. The van der Waals surface area contributed by atoms with Crippen LogP contribution in [0.1, 0.15) is 90.9 Å². The third-order valence-corrected chi connectivity index (χ3v) is 6.90. The Morgan fingerprint density at radius 3 is 2.72 bits per heavy atom. The Balaban J connectivity index is 1.75. The number of methoxy groups -OCH3 is 1. The lowest BCUT2D eigenvalue weighted by atomic mass is 9.90. The smallest absolute Gasteiger partial charge is 0.335 e. The van der Waals surface area contributed by atoms with Gasteiger partial charge in [0.1, 0.15) is 0 Å². The molecule has 5 heteroatoms. The van der Waals surface area contributed by atoms with Crippen LogP contribution in [0, 0.1) is 17.8 Å². The van der Waals surface area contributed by atoms with E-state index >= 15 is 0 Å². The SMILES string of the molecule is CCCCC(C)CC=C[C@H]1CCC(O)[C@@H]1CC=CCCC(OC1CCCCO1)C(=O)OC. The molecule has 2 fully saturated rings. The molecular weight excluding hydrogens is 404 g/mol. The highest BCUT2D eigenvalue weighted by molar-refractivity contribution is 5.74. The molecule has 1 aliphatic carbocycles. The lowest BCUT2D eigenvalue weighted by Gasteiger charge is -2.26. The highest BCUT2D eigenvalue weighted by Gasteiger charge is 2.32. The summed E-state index contributed by atoms with van der Waals surface area (Å²) in [6.45, 7) is 5.26. The van der Waals surface area contributed by atoms with E-state index in [0.29, 0.717) is 18.9 Å². The van der Waals surface area contributed by atoms with E-state index in [9.17, 15) is 9.90 Å². The molecule has 0 aromatic rings. The molecular formula is C27H46O5. The molecule has 2 rings (SSSR count). The predicted molar refractivity (Wildman–Crippen MR) is 128 cm³/mol. The van der Waals surface area contributed by atoms with E-state index in [0.717, 1.165) is 57.3 Å². The first-order chi connectivity index (χ1) is 15.5. The number of allylic oxidation sites excluding steroid dienone is 4. The molecule has 0 amide bonds. The van der Waals surface area contributed by atoms with Crippen molar-refractivity contribution < 1.29 is 24.1 Å². The number of ether oxygens (including phenoxy) is 3. The summed E-state index contributed by atoms with van der Waals surface area (Å²) in [7, 11) is 1.40. The van der Waals surface area contributed by atoms with Crippen molar-refractivity contribution in [1.82, 2.24) is 0 Å². The van der Waals surface area contributed by atoms with Crippen LogP contribution in [0.5, 0.6) is 0 Å². The molecule has 1 heterocycles. The predicted octanol–water partition coefficient (Wildman–Crippen LogP) is 5.96. The topological polar surface area (TPSA) is 65.0 Å². The maximum atomic E-state index is 12.1. The van der Waals surface area contributed by atoms with Gasteiger partial charge in [0, 0.05) is 6.61 Å². The van der Waals surface area contributed by atoms with Crippen LogP contribution >= 0.6 is 0 Å². The number of unbranched alkanes of at least 4 members (excludes halogenated alkanes) is 1. The van der Waals surface area contributed by atoms with E-state index in [1.54, 1.807) is 0 Å². The summed E-state index contributed by atoms with van der Waals surface area (Å²) in [6, 6.07) is 0. The van der Waals surface area contributed by atoms with Crippen molar-refractivity contribution in [1.29, 1.82) is 0 Å². The molecule has 5 nitrogen and oxygen atoms in total. The van der Waals surface area contributed by atoms with Gasteiger partial charge in [-0.15, -0.1) is 0 Å². The summed E-state index contributed by atoms with van der Waals surface area (Å²) in [4.78, 5) is 12.1. The number of aliphatic hydroxyl groups is 1. The maximum Gasteiger partial charge on any atom is 0.335 e. The zero-order chi connectivity index (χ0) is 23.2. The Hall–Kier alpha value is -1.17. The first-order valence-electron chi connectivity index (χ1n) is 12.9. The van der Waals surface area contributed by atoms with Gasteiger partial charge in [-0.2, -0.15) is 0 Å². The summed E-state index contributed by atoms with van der Waals surface area (Å²) in [5.41, 5.74) is 0. The summed E-state index contributed by atoms with van der Waals surface area (Å²) in [6.07, 6.45) is 19.9. The van der Waals surface area contributed by atoms with Crippen molar-refractivity contribution in [3.8, 4) is 0 Å². The average Bonchev–Trinajstić information content (AvgIpc) is 3.16. The number of esters is 1. The number of rotatable bonds is 14. The molecule has 184 valence electrons. The molecule has 0 bridgehead atoms. The van der Waals surface area contributed by atoms with Gasteiger partial charge < -0.3 is 19.3 Å². The molecule has 0 aromatic heterocycles. The minimum Gasteiger partial charge on any atom is -0.467 e. The van der Waals surface area contributed by atoms with Gasteiger partial charge in [-0.3, -0.25) is 0 Å². The van der Waals surface area contributed by atoms with Crippen molar-refractivity contribution >= 4 is 5.97 Å². The summed E-state index contributed by atoms with van der Waals surface area (Å²) in [5.74, 6) is 1.15. The van der Waals surface area contributed by atoms with Crippen molar-refractivity contribution in [2.24, 2.45) is 17.8 Å². The van der Waals surface area contributed by atoms with E-state index in [4.69, 9.17) is 14.2 Å². The van der Waals surface area contributed by atoms with Crippen molar-refractivity contribution in [3.63, 3.8) is 0 Å². The van der Waals surface area contributed by atoms with Gasteiger partial charge in [0.05, 0.1) is 13.2 Å². The van der Waals surface area contributed by atoms with Crippen LogP contribution in [0.2, 0.25) is 0 Å². The minimum absolute atomic E-state index is 0.221. The van der Waals surface area contributed by atoms with E-state index < -0.39 is 6.10 Å². The number of hydrogen-bond donors (Lipinski definition) is 1. The number of carbonyl (C=O) groups excluding carboxylic acids is 1. The quantitative estimate of drug-likeness (QED) is 0.261. The van der Waals surface area contributed by atoms with Gasteiger partial charge >= 0.3 is 5.97 Å². The Labute approximate surface area is 195 Å². The molecule has 32 heavy (non-hydrogen) atoms. The molecule has 4 unspecified atom stereocenters. The molecule has 2 aliphatic rings. The van der Waals surface area contributed by atoms with Gasteiger partial charge in [-0.05, 0) is 75.5 Å². The zero-order valence-electron chi connectivity index (χ0n) is 20.5. The fourth-order valence-electron chi connectivity index (χ4n) is 4.80. The van der Waals surface area contributed by atoms with Crippen LogP contribution in [-0.4, -0.2) is 43.3 Å². The molecule has 1 saturated carbocycles. The Bertz CT molecular complexity index is 566. The minimum atomic E-state index is -0.588. The summed E-state index contributed by atoms with van der Waals surface area (Å²) >= 11 is 0. The molecule has 0 aromatic carbocycles. The van der Waals surface area contributed by atoms with Gasteiger partial charge in [-0.1, -0.05) is 57.4 Å². The second-order valence-electron chi connectivity index (χ2n) is 9.61. The van der Waals surface area contributed by atoms with Gasteiger partial charge in [0.25, 0.3) is 0 Å². The normalized spacial score (nSPS) is 28.4. The maximum absolute atomic E-state index is 12.1.